The van der Waals surface area contributed by atoms with Gasteiger partial charge < -0.3 is 25.2 Å². The number of aliphatic hydroxyl groups excluding tert-OH is 2. The normalized spacial score (nSPS) is 17.9. The van der Waals surface area contributed by atoms with Crippen molar-refractivity contribution in [2.45, 2.75) is 73.1 Å². The number of Topliss-reactive ketones (excluding diaryl/α,β-unsaturated/α-hetero) is 3. The molecule has 1 unspecified atom stereocenters. The Hall–Kier alpha value is -3.55. The van der Waals surface area contributed by atoms with Crippen molar-refractivity contribution in [1.82, 2.24) is 0 Å². The lowest BCUT2D eigenvalue weighted by Gasteiger charge is -2.34. The second kappa shape index (κ2) is 11.5. The first kappa shape index (κ1) is 28.7. The van der Waals surface area contributed by atoms with E-state index in [1.165, 1.54) is 20.1 Å². The lowest BCUT2D eigenvalue weighted by Crippen LogP contribution is -2.39. The van der Waals surface area contributed by atoms with Gasteiger partial charge >= 0.3 is 0 Å². The molecule has 8 heteroatoms. The van der Waals surface area contributed by atoms with Gasteiger partial charge in [0.2, 0.25) is 0 Å². The van der Waals surface area contributed by atoms with E-state index in [0.717, 1.165) is 5.57 Å². The number of hydrogen-bond donors (Lipinski definition) is 4. The summed E-state index contributed by atoms with van der Waals surface area (Å²) in [4.78, 5) is 38.9. The molecule has 0 aliphatic heterocycles. The highest BCUT2D eigenvalue weighted by Gasteiger charge is 2.47. The quantitative estimate of drug-likeness (QED) is 0.175. The van der Waals surface area contributed by atoms with E-state index in [4.69, 9.17) is 4.74 Å². The van der Waals surface area contributed by atoms with Gasteiger partial charge in [-0.2, -0.15) is 0 Å². The maximum Gasteiger partial charge on any atom is 0.183 e. The molecule has 1 aromatic carbocycles. The summed E-state index contributed by atoms with van der Waals surface area (Å²) in [6, 6.07) is 1.18. The molecule has 36 heavy (non-hydrogen) atoms. The highest BCUT2D eigenvalue weighted by atomic mass is 16.5. The van der Waals surface area contributed by atoms with Crippen LogP contribution in [0.1, 0.15) is 82.6 Å². The third-order valence-corrected chi connectivity index (χ3v) is 6.41. The summed E-state index contributed by atoms with van der Waals surface area (Å²) in [5.74, 6) is -3.82. The van der Waals surface area contributed by atoms with Crippen molar-refractivity contribution in [1.29, 1.82) is 0 Å². The number of aromatic hydroxyl groups is 2. The molecule has 196 valence electrons. The van der Waals surface area contributed by atoms with Crippen molar-refractivity contribution < 1.29 is 39.5 Å². The minimum Gasteiger partial charge on any atom is -0.511 e. The van der Waals surface area contributed by atoms with E-state index < -0.39 is 51.4 Å². The molecule has 4 N–H and O–H groups in total. The van der Waals surface area contributed by atoms with E-state index in [2.05, 4.69) is 0 Å². The van der Waals surface area contributed by atoms with E-state index in [1.54, 1.807) is 19.9 Å². The van der Waals surface area contributed by atoms with Gasteiger partial charge in [0.25, 0.3) is 0 Å². The average Bonchev–Trinajstić information content (AvgIpc) is 2.80. The van der Waals surface area contributed by atoms with Crippen LogP contribution in [0.4, 0.5) is 0 Å². The molecule has 8 nitrogen and oxygen atoms in total. The van der Waals surface area contributed by atoms with Crippen LogP contribution < -0.4 is 4.74 Å². The Labute approximate surface area is 211 Å². The second-order valence-corrected chi connectivity index (χ2v) is 9.52. The first-order chi connectivity index (χ1) is 16.8. The zero-order valence-corrected chi connectivity index (χ0v) is 21.8. The number of carbonyl (C=O) groups is 3. The van der Waals surface area contributed by atoms with Gasteiger partial charge in [0.1, 0.15) is 39.9 Å². The maximum atomic E-state index is 13.4. The SMILES string of the molecule is CCCC(=O)C1=C(O)C(Cc2c(OC)cc(O)c(C(=O)CCC)c2O)=C(O)C(C)(CC=C(C)C)C1=O. The number of carbonyl (C=O) groups excluding carboxylic acids is 3. The highest BCUT2D eigenvalue weighted by molar-refractivity contribution is 6.24. The van der Waals surface area contributed by atoms with Gasteiger partial charge in [0.05, 0.1) is 12.5 Å². The fourth-order valence-electron chi connectivity index (χ4n) is 4.29. The fraction of sp³-hybridized carbons (Fsp3) is 0.464. The predicted octanol–water partition coefficient (Wildman–Crippen LogP) is 5.57. The number of ketones is 3. The Morgan fingerprint density at radius 3 is 2.14 bits per heavy atom. The Morgan fingerprint density at radius 1 is 1.03 bits per heavy atom. The van der Waals surface area contributed by atoms with Crippen LogP contribution in [0, 0.1) is 5.41 Å². The van der Waals surface area contributed by atoms with Crippen molar-refractivity contribution in [2.24, 2.45) is 5.41 Å². The lowest BCUT2D eigenvalue weighted by atomic mass is 9.69. The minimum atomic E-state index is -1.53. The second-order valence-electron chi connectivity index (χ2n) is 9.52. The fourth-order valence-corrected chi connectivity index (χ4v) is 4.29. The molecular weight excluding hydrogens is 464 g/mol. The Bertz CT molecular complexity index is 1160. The number of ether oxygens (including phenoxy) is 1. The molecule has 0 amide bonds. The van der Waals surface area contributed by atoms with Gasteiger partial charge in [-0.15, -0.1) is 0 Å². The Kier molecular flexibility index (Phi) is 9.13. The van der Waals surface area contributed by atoms with Crippen molar-refractivity contribution >= 4 is 17.3 Å². The molecule has 1 aliphatic rings. The molecule has 0 bridgehead atoms. The summed E-state index contributed by atoms with van der Waals surface area (Å²) in [5, 5.41) is 43.7. The molecule has 0 saturated heterocycles. The molecule has 0 saturated carbocycles. The topological polar surface area (TPSA) is 141 Å². The van der Waals surface area contributed by atoms with Crippen LogP contribution in [-0.2, 0) is 16.0 Å². The minimum absolute atomic E-state index is 0.00971. The standard InChI is InChI=1S/C28H36O8/c1-7-9-18(29)22-20(31)14-21(36-6)16(24(22)32)13-17-25(33)23(19(30)10-8-2)27(35)28(5,26(17)34)12-11-15(3)4/h11,14,31-34H,7-10,12-13H2,1-6H3. The third-order valence-electron chi connectivity index (χ3n) is 6.41. The third kappa shape index (κ3) is 5.32. The van der Waals surface area contributed by atoms with Crippen LogP contribution in [0.15, 0.2) is 40.4 Å². The van der Waals surface area contributed by atoms with Crippen molar-refractivity contribution in [2.75, 3.05) is 7.11 Å². The number of aliphatic hydroxyl groups is 2. The summed E-state index contributed by atoms with van der Waals surface area (Å²) in [7, 11) is 1.30. The van der Waals surface area contributed by atoms with E-state index in [1.807, 2.05) is 13.8 Å². The molecule has 0 heterocycles. The summed E-state index contributed by atoms with van der Waals surface area (Å²) in [5.41, 5.74) is -1.43. The zero-order valence-electron chi connectivity index (χ0n) is 21.8. The molecule has 1 atom stereocenters. The van der Waals surface area contributed by atoms with Gasteiger partial charge in [0, 0.05) is 36.5 Å². The summed E-state index contributed by atoms with van der Waals surface area (Å²) in [6.45, 7) is 8.72. The lowest BCUT2D eigenvalue weighted by molar-refractivity contribution is -0.127. The van der Waals surface area contributed by atoms with E-state index in [0.29, 0.717) is 12.8 Å². The number of phenolic OH excluding ortho intramolecular Hbond substituents is 2. The zero-order chi connectivity index (χ0) is 27.4. The van der Waals surface area contributed by atoms with Gasteiger partial charge in [-0.3, -0.25) is 14.4 Å². The number of rotatable bonds is 11. The monoisotopic (exact) mass is 500 g/mol. The van der Waals surface area contributed by atoms with Gasteiger partial charge in [0.15, 0.2) is 17.3 Å². The molecular formula is C28H36O8. The van der Waals surface area contributed by atoms with Crippen LogP contribution in [0.3, 0.4) is 0 Å². The van der Waals surface area contributed by atoms with Crippen LogP contribution in [-0.4, -0.2) is 44.9 Å². The van der Waals surface area contributed by atoms with Gasteiger partial charge in [-0.1, -0.05) is 25.5 Å². The maximum absolute atomic E-state index is 13.4. The number of methoxy groups -OCH3 is 1. The first-order valence-electron chi connectivity index (χ1n) is 12.1. The van der Waals surface area contributed by atoms with Crippen molar-refractivity contribution in [3.05, 3.63) is 51.5 Å². The van der Waals surface area contributed by atoms with Gasteiger partial charge in [-0.05, 0) is 40.0 Å². The molecule has 1 aromatic rings. The summed E-state index contributed by atoms with van der Waals surface area (Å²) < 4.78 is 5.30. The van der Waals surface area contributed by atoms with Crippen molar-refractivity contribution in [3.63, 3.8) is 0 Å². The smallest absolute Gasteiger partial charge is 0.183 e. The Morgan fingerprint density at radius 2 is 1.61 bits per heavy atom. The largest absolute Gasteiger partial charge is 0.511 e. The first-order valence-corrected chi connectivity index (χ1v) is 12.1. The van der Waals surface area contributed by atoms with E-state index >= 15 is 0 Å². The van der Waals surface area contributed by atoms with Crippen LogP contribution in [0.2, 0.25) is 0 Å². The average molecular weight is 501 g/mol. The summed E-state index contributed by atoms with van der Waals surface area (Å²) in [6.07, 6.45) is 2.53. The van der Waals surface area contributed by atoms with Gasteiger partial charge in [-0.25, -0.2) is 0 Å². The van der Waals surface area contributed by atoms with Crippen molar-refractivity contribution in [3.8, 4) is 17.2 Å². The molecule has 0 fully saturated rings. The predicted molar refractivity (Wildman–Crippen MR) is 136 cm³/mol. The molecule has 0 radical (unpaired) electrons. The molecule has 0 aromatic heterocycles. The van der Waals surface area contributed by atoms with Crippen LogP contribution >= 0.6 is 0 Å². The molecule has 0 spiro atoms. The van der Waals surface area contributed by atoms with Crippen LogP contribution in [0.5, 0.6) is 17.2 Å². The summed E-state index contributed by atoms with van der Waals surface area (Å²) >= 11 is 0. The number of phenols is 2. The molecule has 1 aliphatic carbocycles. The van der Waals surface area contributed by atoms with E-state index in [-0.39, 0.29) is 48.1 Å². The Balaban J connectivity index is 2.83. The highest BCUT2D eigenvalue weighted by Crippen LogP contribution is 2.46. The van der Waals surface area contributed by atoms with E-state index in [9.17, 15) is 34.8 Å². The number of allylic oxidation sites excluding steroid dienone is 5. The number of benzene rings is 1. The van der Waals surface area contributed by atoms with Crippen LogP contribution in [0.25, 0.3) is 0 Å². The number of hydrogen-bond acceptors (Lipinski definition) is 8. The molecule has 2 rings (SSSR count).